The monoisotopic (exact) mass is 302 g/mol. The summed E-state index contributed by atoms with van der Waals surface area (Å²) in [5, 5.41) is 16.0. The van der Waals surface area contributed by atoms with E-state index in [0.717, 1.165) is 19.3 Å². The van der Waals surface area contributed by atoms with E-state index in [1.54, 1.807) is 18.2 Å². The van der Waals surface area contributed by atoms with Gasteiger partial charge < -0.3 is 15.7 Å². The zero-order valence-electron chi connectivity index (χ0n) is 10.3. The van der Waals surface area contributed by atoms with Gasteiger partial charge in [0, 0.05) is 28.2 Å². The first-order valence-electron chi connectivity index (χ1n) is 6.23. The fourth-order valence-corrected chi connectivity index (χ4v) is 2.81. The van der Waals surface area contributed by atoms with Crippen LogP contribution in [0, 0.1) is 5.92 Å². The van der Waals surface area contributed by atoms with Gasteiger partial charge in [-0.2, -0.15) is 0 Å². The van der Waals surface area contributed by atoms with Gasteiger partial charge in [-0.25, -0.2) is 4.79 Å². The summed E-state index contributed by atoms with van der Waals surface area (Å²) in [4.78, 5) is 11.7. The first-order chi connectivity index (χ1) is 9.04. The molecule has 0 aliphatic heterocycles. The number of carbonyl (C=O) groups excluding carboxylic acids is 1. The fraction of sp³-hybridized carbons (Fsp3) is 0.462. The molecule has 1 saturated carbocycles. The molecular weight excluding hydrogens is 287 g/mol. The largest absolute Gasteiger partial charge is 0.393 e. The molecule has 0 radical (unpaired) electrons. The van der Waals surface area contributed by atoms with Gasteiger partial charge in [0.1, 0.15) is 0 Å². The van der Waals surface area contributed by atoms with Crippen molar-refractivity contribution in [1.29, 1.82) is 0 Å². The lowest BCUT2D eigenvalue weighted by molar-refractivity contribution is 0.133. The fourth-order valence-electron chi connectivity index (χ4n) is 2.28. The lowest BCUT2D eigenvalue weighted by Crippen LogP contribution is -2.35. The summed E-state index contributed by atoms with van der Waals surface area (Å²) in [6.45, 7) is 0.474. The molecule has 3 N–H and O–H groups in total. The minimum atomic E-state index is -0.322. The normalized spacial score (nSPS) is 22.3. The quantitative estimate of drug-likeness (QED) is 0.802. The van der Waals surface area contributed by atoms with Crippen molar-refractivity contribution in [3.8, 4) is 0 Å². The van der Waals surface area contributed by atoms with Crippen LogP contribution in [0.15, 0.2) is 18.2 Å². The number of hydrogen-bond acceptors (Lipinski definition) is 2. The van der Waals surface area contributed by atoms with Crippen LogP contribution in [0.25, 0.3) is 0 Å². The number of rotatable bonds is 3. The molecule has 6 heteroatoms. The second-order valence-electron chi connectivity index (χ2n) is 4.75. The molecule has 0 aromatic heterocycles. The molecule has 2 unspecified atom stereocenters. The van der Waals surface area contributed by atoms with Crippen LogP contribution in [-0.4, -0.2) is 23.8 Å². The lowest BCUT2D eigenvalue weighted by Gasteiger charge is -2.15. The highest BCUT2D eigenvalue weighted by Crippen LogP contribution is 2.25. The number of urea groups is 1. The van der Waals surface area contributed by atoms with Crippen LogP contribution < -0.4 is 10.6 Å². The summed E-state index contributed by atoms with van der Waals surface area (Å²) in [6, 6.07) is 4.52. The number of benzene rings is 1. The van der Waals surface area contributed by atoms with E-state index in [4.69, 9.17) is 23.2 Å². The number of nitrogens with one attached hydrogen (secondary N) is 2. The minimum Gasteiger partial charge on any atom is -0.393 e. The van der Waals surface area contributed by atoms with Crippen LogP contribution in [0.5, 0.6) is 0 Å². The van der Waals surface area contributed by atoms with E-state index in [1.165, 1.54) is 0 Å². The van der Waals surface area contributed by atoms with Gasteiger partial charge in [0.25, 0.3) is 0 Å². The van der Waals surface area contributed by atoms with Crippen LogP contribution in [0.2, 0.25) is 10.0 Å². The highest BCUT2D eigenvalue weighted by molar-refractivity contribution is 6.35. The van der Waals surface area contributed by atoms with Gasteiger partial charge in [0.2, 0.25) is 0 Å². The molecule has 1 aromatic rings. The average molecular weight is 303 g/mol. The average Bonchev–Trinajstić information content (AvgIpc) is 2.71. The second-order valence-corrected chi connectivity index (χ2v) is 5.62. The van der Waals surface area contributed by atoms with Gasteiger partial charge >= 0.3 is 6.03 Å². The van der Waals surface area contributed by atoms with E-state index < -0.39 is 0 Å². The van der Waals surface area contributed by atoms with Gasteiger partial charge in [-0.05, 0) is 31.0 Å². The number of amides is 2. The van der Waals surface area contributed by atoms with Crippen molar-refractivity contribution in [2.45, 2.75) is 25.4 Å². The summed E-state index contributed by atoms with van der Waals surface area (Å²) in [7, 11) is 0. The number of carbonyl (C=O) groups is 1. The van der Waals surface area contributed by atoms with Crippen molar-refractivity contribution in [2.75, 3.05) is 11.9 Å². The van der Waals surface area contributed by atoms with Crippen molar-refractivity contribution in [3.63, 3.8) is 0 Å². The number of aliphatic hydroxyl groups is 1. The molecule has 1 aromatic carbocycles. The molecule has 0 spiro atoms. The summed E-state index contributed by atoms with van der Waals surface area (Å²) in [5.74, 6) is 0.147. The molecule has 1 aliphatic rings. The maximum absolute atomic E-state index is 11.7. The van der Waals surface area contributed by atoms with Crippen LogP contribution in [-0.2, 0) is 0 Å². The van der Waals surface area contributed by atoms with Gasteiger partial charge in [0.05, 0.1) is 6.10 Å². The highest BCUT2D eigenvalue weighted by Gasteiger charge is 2.25. The highest BCUT2D eigenvalue weighted by atomic mass is 35.5. The molecule has 104 valence electrons. The molecule has 2 atom stereocenters. The summed E-state index contributed by atoms with van der Waals surface area (Å²) in [5.41, 5.74) is 0.543. The minimum absolute atomic E-state index is 0.147. The Balaban J connectivity index is 1.83. The molecule has 19 heavy (non-hydrogen) atoms. The van der Waals surface area contributed by atoms with Crippen LogP contribution >= 0.6 is 23.2 Å². The Kier molecular flexibility index (Phi) is 4.91. The molecule has 0 heterocycles. The zero-order valence-corrected chi connectivity index (χ0v) is 11.8. The lowest BCUT2D eigenvalue weighted by atomic mass is 10.1. The summed E-state index contributed by atoms with van der Waals surface area (Å²) >= 11 is 11.7. The predicted molar refractivity (Wildman–Crippen MR) is 76.8 cm³/mol. The number of aliphatic hydroxyl groups excluding tert-OH is 1. The SMILES string of the molecule is O=C(NCC1CCCC1O)Nc1cc(Cl)cc(Cl)c1. The zero-order chi connectivity index (χ0) is 13.8. The number of anilines is 1. The molecule has 0 saturated heterocycles. The molecule has 0 bridgehead atoms. The maximum Gasteiger partial charge on any atom is 0.319 e. The Bertz CT molecular complexity index is 448. The van der Waals surface area contributed by atoms with E-state index in [0.29, 0.717) is 22.3 Å². The molecule has 2 amide bonds. The molecule has 1 fully saturated rings. The Hall–Kier alpha value is -0.970. The van der Waals surface area contributed by atoms with Gasteiger partial charge in [-0.3, -0.25) is 0 Å². The Morgan fingerprint density at radius 2 is 1.95 bits per heavy atom. The first kappa shape index (κ1) is 14.4. The van der Waals surface area contributed by atoms with Crippen molar-refractivity contribution < 1.29 is 9.90 Å². The topological polar surface area (TPSA) is 61.4 Å². The third-order valence-corrected chi connectivity index (χ3v) is 3.70. The van der Waals surface area contributed by atoms with E-state index in [-0.39, 0.29) is 18.1 Å². The molecule has 2 rings (SSSR count). The van der Waals surface area contributed by atoms with E-state index in [2.05, 4.69) is 10.6 Å². The van der Waals surface area contributed by atoms with Crippen LogP contribution in [0.1, 0.15) is 19.3 Å². The Morgan fingerprint density at radius 1 is 1.26 bits per heavy atom. The standard InChI is InChI=1S/C13H16Cl2N2O2/c14-9-4-10(15)6-11(5-9)17-13(19)16-7-8-2-1-3-12(8)18/h4-6,8,12,18H,1-3,7H2,(H2,16,17,19). The predicted octanol–water partition coefficient (Wildman–Crippen LogP) is 3.28. The van der Waals surface area contributed by atoms with Crippen molar-refractivity contribution in [1.82, 2.24) is 5.32 Å². The number of hydrogen-bond donors (Lipinski definition) is 3. The van der Waals surface area contributed by atoms with Gasteiger partial charge in [-0.15, -0.1) is 0 Å². The van der Waals surface area contributed by atoms with E-state index in [9.17, 15) is 9.90 Å². The Labute approximate surface area is 122 Å². The summed E-state index contributed by atoms with van der Waals surface area (Å²) < 4.78 is 0. The maximum atomic E-state index is 11.7. The third kappa shape index (κ3) is 4.27. The van der Waals surface area contributed by atoms with Crippen LogP contribution in [0.4, 0.5) is 10.5 Å². The second kappa shape index (κ2) is 6.46. The molecule has 1 aliphatic carbocycles. The van der Waals surface area contributed by atoms with E-state index in [1.807, 2.05) is 0 Å². The van der Waals surface area contributed by atoms with E-state index >= 15 is 0 Å². The van der Waals surface area contributed by atoms with Gasteiger partial charge in [-0.1, -0.05) is 29.6 Å². The molecule has 4 nitrogen and oxygen atoms in total. The van der Waals surface area contributed by atoms with Crippen molar-refractivity contribution in [2.24, 2.45) is 5.92 Å². The van der Waals surface area contributed by atoms with Gasteiger partial charge in [0.15, 0.2) is 0 Å². The van der Waals surface area contributed by atoms with Crippen molar-refractivity contribution in [3.05, 3.63) is 28.2 Å². The molecular formula is C13H16Cl2N2O2. The third-order valence-electron chi connectivity index (χ3n) is 3.26. The number of halogens is 2. The van der Waals surface area contributed by atoms with Crippen molar-refractivity contribution >= 4 is 34.9 Å². The smallest absolute Gasteiger partial charge is 0.319 e. The Morgan fingerprint density at radius 3 is 2.53 bits per heavy atom. The summed E-state index contributed by atoms with van der Waals surface area (Å²) in [6.07, 6.45) is 2.47. The van der Waals surface area contributed by atoms with Crippen LogP contribution in [0.3, 0.4) is 0 Å². The first-order valence-corrected chi connectivity index (χ1v) is 6.99.